The molecule has 2 atom stereocenters. The van der Waals surface area contributed by atoms with Crippen LogP contribution in [0.1, 0.15) is 17.5 Å². The molecular weight excluding hydrogens is 325 g/mol. The van der Waals surface area contributed by atoms with E-state index in [9.17, 15) is 9.69 Å². The fourth-order valence-corrected chi connectivity index (χ4v) is 3.03. The molecule has 0 fully saturated rings. The van der Waals surface area contributed by atoms with Crippen LogP contribution in [-0.4, -0.2) is 23.9 Å². The number of hydrogen-bond donors (Lipinski definition) is 2. The van der Waals surface area contributed by atoms with Crippen molar-refractivity contribution >= 4 is 14.5 Å². The Bertz CT molecular complexity index is 609. The van der Waals surface area contributed by atoms with Crippen molar-refractivity contribution in [1.82, 2.24) is 5.32 Å². The molecule has 6 heteroatoms. The summed E-state index contributed by atoms with van der Waals surface area (Å²) in [7, 11) is -0.319. The van der Waals surface area contributed by atoms with Gasteiger partial charge in [0.25, 0.3) is 0 Å². The summed E-state index contributed by atoms with van der Waals surface area (Å²) in [6.45, 7) is 0.189. The Kier molecular flexibility index (Phi) is 7.69. The van der Waals surface area contributed by atoms with Crippen LogP contribution in [0.5, 0.6) is 0 Å². The predicted octanol–water partition coefficient (Wildman–Crippen LogP) is 3.82. The summed E-state index contributed by atoms with van der Waals surface area (Å²) < 4.78 is 10.2. The standard InChI is InChI=1S/C18H22NO4P/c1-22-24(21)17(13-12-15-8-4-2-5-9-15)19-18(20)23-14-16-10-6-3-7-11-16/h2-11,17,21H,12-14H2,1H3,(H,19,20). The molecular formula is C18H22NO4P. The van der Waals surface area contributed by atoms with Crippen molar-refractivity contribution in [1.29, 1.82) is 0 Å². The van der Waals surface area contributed by atoms with Crippen LogP contribution < -0.4 is 5.32 Å². The van der Waals surface area contributed by atoms with Gasteiger partial charge in [-0.05, 0) is 24.0 Å². The summed E-state index contributed by atoms with van der Waals surface area (Å²) >= 11 is 0. The van der Waals surface area contributed by atoms with Gasteiger partial charge in [-0.25, -0.2) is 4.79 Å². The molecule has 1 amide bonds. The van der Waals surface area contributed by atoms with Crippen LogP contribution in [0.2, 0.25) is 0 Å². The summed E-state index contributed by atoms with van der Waals surface area (Å²) in [6.07, 6.45) is 0.740. The maximum absolute atomic E-state index is 12.0. The molecule has 0 aromatic heterocycles. The second kappa shape index (κ2) is 10.0. The molecule has 2 rings (SSSR count). The van der Waals surface area contributed by atoms with Crippen LogP contribution in [0.25, 0.3) is 0 Å². The average molecular weight is 347 g/mol. The SMILES string of the molecule is COP(O)C(CCc1ccccc1)NC(=O)OCc1ccccc1. The Morgan fingerprint density at radius 2 is 1.67 bits per heavy atom. The molecule has 128 valence electrons. The van der Waals surface area contributed by atoms with Crippen LogP contribution >= 0.6 is 8.38 Å². The highest BCUT2D eigenvalue weighted by molar-refractivity contribution is 7.47. The lowest BCUT2D eigenvalue weighted by Gasteiger charge is -2.21. The first-order valence-electron chi connectivity index (χ1n) is 7.72. The smallest absolute Gasteiger partial charge is 0.408 e. The van der Waals surface area contributed by atoms with E-state index in [2.05, 4.69) is 5.32 Å². The van der Waals surface area contributed by atoms with Crippen molar-refractivity contribution in [2.75, 3.05) is 7.11 Å². The maximum atomic E-state index is 12.0. The monoisotopic (exact) mass is 347 g/mol. The molecule has 2 aromatic rings. The zero-order chi connectivity index (χ0) is 17.2. The van der Waals surface area contributed by atoms with Gasteiger partial charge in [0.15, 0.2) is 8.38 Å². The quantitative estimate of drug-likeness (QED) is 0.713. The summed E-state index contributed by atoms with van der Waals surface area (Å²) in [5.41, 5.74) is 2.05. The highest BCUT2D eigenvalue weighted by atomic mass is 31.2. The molecule has 0 spiro atoms. The van der Waals surface area contributed by atoms with E-state index in [1.54, 1.807) is 0 Å². The van der Waals surface area contributed by atoms with Gasteiger partial charge >= 0.3 is 6.09 Å². The first-order valence-corrected chi connectivity index (χ1v) is 9.00. The van der Waals surface area contributed by atoms with Gasteiger partial charge in [0.05, 0.1) is 0 Å². The Hall–Kier alpha value is -1.94. The van der Waals surface area contributed by atoms with Gasteiger partial charge in [0.1, 0.15) is 12.4 Å². The number of rotatable bonds is 8. The molecule has 24 heavy (non-hydrogen) atoms. The molecule has 0 aliphatic carbocycles. The molecule has 2 unspecified atom stereocenters. The molecule has 2 aromatic carbocycles. The zero-order valence-corrected chi connectivity index (χ0v) is 14.5. The van der Waals surface area contributed by atoms with Crippen LogP contribution in [-0.2, 0) is 22.3 Å². The lowest BCUT2D eigenvalue weighted by molar-refractivity contribution is 0.137. The lowest BCUT2D eigenvalue weighted by atomic mass is 10.1. The highest BCUT2D eigenvalue weighted by Gasteiger charge is 2.22. The predicted molar refractivity (Wildman–Crippen MR) is 94.5 cm³/mol. The third-order valence-corrected chi connectivity index (χ3v) is 4.79. The average Bonchev–Trinajstić information content (AvgIpc) is 2.64. The van der Waals surface area contributed by atoms with Gasteiger partial charge in [-0.1, -0.05) is 60.7 Å². The lowest BCUT2D eigenvalue weighted by Crippen LogP contribution is -2.34. The molecule has 0 bridgehead atoms. The summed E-state index contributed by atoms with van der Waals surface area (Å²) in [6, 6.07) is 19.3. The van der Waals surface area contributed by atoms with E-state index in [4.69, 9.17) is 9.26 Å². The van der Waals surface area contributed by atoms with Gasteiger partial charge in [0.2, 0.25) is 0 Å². The number of aryl methyl sites for hydroxylation is 1. The van der Waals surface area contributed by atoms with E-state index in [1.165, 1.54) is 7.11 Å². The number of hydrogen-bond acceptors (Lipinski definition) is 4. The molecule has 0 heterocycles. The molecule has 0 saturated carbocycles. The Morgan fingerprint density at radius 3 is 2.25 bits per heavy atom. The number of ether oxygens (including phenoxy) is 1. The van der Waals surface area contributed by atoms with E-state index >= 15 is 0 Å². The van der Waals surface area contributed by atoms with Gasteiger partial charge in [-0.3, -0.25) is 0 Å². The van der Waals surface area contributed by atoms with Crippen molar-refractivity contribution < 1.29 is 18.9 Å². The normalized spacial score (nSPS) is 13.1. The second-order valence-electron chi connectivity index (χ2n) is 5.23. The fourth-order valence-electron chi connectivity index (χ4n) is 2.21. The van der Waals surface area contributed by atoms with E-state index in [1.807, 2.05) is 60.7 Å². The van der Waals surface area contributed by atoms with E-state index < -0.39 is 20.3 Å². The van der Waals surface area contributed by atoms with E-state index in [0.29, 0.717) is 6.42 Å². The molecule has 0 radical (unpaired) electrons. The van der Waals surface area contributed by atoms with Gasteiger partial charge < -0.3 is 19.5 Å². The van der Waals surface area contributed by atoms with E-state index in [-0.39, 0.29) is 6.61 Å². The van der Waals surface area contributed by atoms with Crippen molar-refractivity contribution in [3.05, 3.63) is 71.8 Å². The number of alkyl carbamates (subject to hydrolysis) is 1. The van der Waals surface area contributed by atoms with Gasteiger partial charge in [-0.2, -0.15) is 0 Å². The van der Waals surface area contributed by atoms with E-state index in [0.717, 1.165) is 17.5 Å². The van der Waals surface area contributed by atoms with Crippen molar-refractivity contribution in [3.8, 4) is 0 Å². The minimum absolute atomic E-state index is 0.189. The molecule has 0 aliphatic heterocycles. The third-order valence-electron chi connectivity index (χ3n) is 3.50. The summed E-state index contributed by atoms with van der Waals surface area (Å²) in [5, 5.41) is 2.70. The van der Waals surface area contributed by atoms with Gasteiger partial charge in [0, 0.05) is 7.11 Å². The third kappa shape index (κ3) is 6.28. The minimum Gasteiger partial charge on any atom is -0.445 e. The number of carbonyl (C=O) groups excluding carboxylic acids is 1. The number of carbonyl (C=O) groups is 1. The fraction of sp³-hybridized carbons (Fsp3) is 0.278. The number of benzene rings is 2. The number of nitrogens with one attached hydrogen (secondary N) is 1. The Balaban J connectivity index is 1.84. The maximum Gasteiger partial charge on any atom is 0.408 e. The largest absolute Gasteiger partial charge is 0.445 e. The zero-order valence-electron chi connectivity index (χ0n) is 13.6. The van der Waals surface area contributed by atoms with Crippen LogP contribution in [0.3, 0.4) is 0 Å². The first kappa shape index (κ1) is 18.4. The Morgan fingerprint density at radius 1 is 1.08 bits per heavy atom. The van der Waals surface area contributed by atoms with Crippen LogP contribution in [0, 0.1) is 0 Å². The van der Waals surface area contributed by atoms with Crippen molar-refractivity contribution in [2.24, 2.45) is 0 Å². The molecule has 0 saturated heterocycles. The summed E-state index contributed by atoms with van der Waals surface area (Å²) in [4.78, 5) is 22.0. The van der Waals surface area contributed by atoms with Crippen LogP contribution in [0.4, 0.5) is 4.79 Å². The number of amides is 1. The van der Waals surface area contributed by atoms with Crippen molar-refractivity contribution in [2.45, 2.75) is 25.2 Å². The molecule has 0 aliphatic rings. The summed E-state index contributed by atoms with van der Waals surface area (Å²) in [5.74, 6) is -0.478. The topological polar surface area (TPSA) is 67.8 Å². The second-order valence-corrected chi connectivity index (χ2v) is 6.82. The van der Waals surface area contributed by atoms with Gasteiger partial charge in [-0.15, -0.1) is 0 Å². The van der Waals surface area contributed by atoms with Crippen LogP contribution in [0.15, 0.2) is 60.7 Å². The molecule has 2 N–H and O–H groups in total. The Labute approximate surface area is 143 Å². The highest BCUT2D eigenvalue weighted by Crippen LogP contribution is 2.37. The minimum atomic E-state index is -1.75. The molecule has 5 nitrogen and oxygen atoms in total. The first-order chi connectivity index (χ1) is 11.7. The van der Waals surface area contributed by atoms with Crippen molar-refractivity contribution in [3.63, 3.8) is 0 Å².